The van der Waals surface area contributed by atoms with E-state index in [1.54, 1.807) is 6.07 Å². The van der Waals surface area contributed by atoms with Crippen molar-refractivity contribution >= 4 is 17.4 Å². The summed E-state index contributed by atoms with van der Waals surface area (Å²) in [7, 11) is 1.53. The van der Waals surface area contributed by atoms with Crippen LogP contribution in [0.4, 0.5) is 5.69 Å². The van der Waals surface area contributed by atoms with E-state index in [0.717, 1.165) is 10.8 Å². The smallest absolute Gasteiger partial charge is 0.273 e. The molecule has 1 aromatic rings. The van der Waals surface area contributed by atoms with Gasteiger partial charge in [0.2, 0.25) is 0 Å². The SMILES string of the molecule is COc1cc(CNC2CCC(SC)CC2)cc([N+](=O)[O-])c1. The van der Waals surface area contributed by atoms with E-state index >= 15 is 0 Å². The van der Waals surface area contributed by atoms with Crippen molar-refractivity contribution in [2.75, 3.05) is 13.4 Å². The Labute approximate surface area is 129 Å². The van der Waals surface area contributed by atoms with Gasteiger partial charge in [-0.15, -0.1) is 0 Å². The molecule has 1 saturated carbocycles. The molecule has 0 amide bonds. The van der Waals surface area contributed by atoms with Gasteiger partial charge < -0.3 is 10.1 Å². The van der Waals surface area contributed by atoms with E-state index in [4.69, 9.17) is 4.74 Å². The van der Waals surface area contributed by atoms with Gasteiger partial charge in [0.15, 0.2) is 0 Å². The van der Waals surface area contributed by atoms with E-state index < -0.39 is 0 Å². The lowest BCUT2D eigenvalue weighted by Crippen LogP contribution is -2.33. The maximum Gasteiger partial charge on any atom is 0.273 e. The monoisotopic (exact) mass is 310 g/mol. The summed E-state index contributed by atoms with van der Waals surface area (Å²) < 4.78 is 5.13. The molecule has 21 heavy (non-hydrogen) atoms. The third-order valence-electron chi connectivity index (χ3n) is 4.00. The summed E-state index contributed by atoms with van der Waals surface area (Å²) in [5.41, 5.74) is 0.977. The summed E-state index contributed by atoms with van der Waals surface area (Å²) in [5.74, 6) is 0.534. The number of non-ortho nitro benzene ring substituents is 1. The van der Waals surface area contributed by atoms with E-state index in [-0.39, 0.29) is 10.6 Å². The minimum atomic E-state index is -0.379. The van der Waals surface area contributed by atoms with Crippen molar-refractivity contribution in [2.45, 2.75) is 43.5 Å². The summed E-state index contributed by atoms with van der Waals surface area (Å²) in [5, 5.41) is 15.2. The third-order valence-corrected chi connectivity index (χ3v) is 5.14. The predicted molar refractivity (Wildman–Crippen MR) is 86.0 cm³/mol. The molecule has 0 atom stereocenters. The van der Waals surface area contributed by atoms with Gasteiger partial charge in [-0.1, -0.05) is 0 Å². The average molecular weight is 310 g/mol. The predicted octanol–water partition coefficient (Wildman–Crippen LogP) is 3.37. The molecule has 1 aliphatic rings. The highest BCUT2D eigenvalue weighted by Crippen LogP contribution is 2.27. The zero-order chi connectivity index (χ0) is 15.2. The first kappa shape index (κ1) is 16.1. The Bertz CT molecular complexity index is 488. The van der Waals surface area contributed by atoms with Crippen LogP contribution < -0.4 is 10.1 Å². The number of nitrogens with zero attached hydrogens (tertiary/aromatic N) is 1. The molecule has 1 N–H and O–H groups in total. The quantitative estimate of drug-likeness (QED) is 0.644. The molecule has 6 heteroatoms. The van der Waals surface area contributed by atoms with E-state index in [1.807, 2.05) is 17.8 Å². The van der Waals surface area contributed by atoms with Crippen LogP contribution in [0.25, 0.3) is 0 Å². The van der Waals surface area contributed by atoms with E-state index in [9.17, 15) is 10.1 Å². The molecule has 1 aliphatic carbocycles. The van der Waals surface area contributed by atoms with Gasteiger partial charge in [0.1, 0.15) is 5.75 Å². The fourth-order valence-corrected chi connectivity index (χ4v) is 3.48. The first-order chi connectivity index (χ1) is 10.1. The first-order valence-corrected chi connectivity index (χ1v) is 8.49. The number of nitro groups is 1. The highest BCUT2D eigenvalue weighted by Gasteiger charge is 2.20. The Balaban J connectivity index is 1.93. The molecule has 0 heterocycles. The molecule has 1 fully saturated rings. The van der Waals surface area contributed by atoms with Gasteiger partial charge in [-0.25, -0.2) is 0 Å². The first-order valence-electron chi connectivity index (χ1n) is 7.21. The highest BCUT2D eigenvalue weighted by atomic mass is 32.2. The summed E-state index contributed by atoms with van der Waals surface area (Å²) in [6.45, 7) is 0.645. The molecule has 1 aromatic carbocycles. The number of hydrogen-bond acceptors (Lipinski definition) is 5. The Hall–Kier alpha value is -1.27. The van der Waals surface area contributed by atoms with Crippen molar-refractivity contribution in [3.8, 4) is 5.75 Å². The van der Waals surface area contributed by atoms with Gasteiger partial charge in [-0.3, -0.25) is 10.1 Å². The summed E-state index contributed by atoms with van der Waals surface area (Å²) >= 11 is 1.95. The Kier molecular flexibility index (Phi) is 5.87. The van der Waals surface area contributed by atoms with E-state index in [1.165, 1.54) is 38.9 Å². The van der Waals surface area contributed by atoms with E-state index in [0.29, 0.717) is 18.3 Å². The highest BCUT2D eigenvalue weighted by molar-refractivity contribution is 7.99. The number of rotatable bonds is 6. The van der Waals surface area contributed by atoms with Gasteiger partial charge in [-0.05, 0) is 43.6 Å². The molecule has 0 bridgehead atoms. The average Bonchev–Trinajstić information content (AvgIpc) is 2.53. The van der Waals surface area contributed by atoms with Gasteiger partial charge >= 0.3 is 0 Å². The number of ether oxygens (including phenoxy) is 1. The van der Waals surface area contributed by atoms with Crippen molar-refractivity contribution in [3.63, 3.8) is 0 Å². The molecule has 2 rings (SSSR count). The van der Waals surface area contributed by atoms with Crippen LogP contribution in [-0.2, 0) is 6.54 Å². The fraction of sp³-hybridized carbons (Fsp3) is 0.600. The molecule has 0 spiro atoms. The van der Waals surface area contributed by atoms with Crippen molar-refractivity contribution in [1.82, 2.24) is 5.32 Å². The molecule has 0 aliphatic heterocycles. The van der Waals surface area contributed by atoms with Crippen LogP contribution in [0.5, 0.6) is 5.75 Å². The van der Waals surface area contributed by atoms with Gasteiger partial charge in [0.25, 0.3) is 5.69 Å². The Morgan fingerprint density at radius 2 is 2.05 bits per heavy atom. The van der Waals surface area contributed by atoms with E-state index in [2.05, 4.69) is 11.6 Å². The number of nitrogens with one attached hydrogen (secondary N) is 1. The second-order valence-corrected chi connectivity index (χ2v) is 6.52. The van der Waals surface area contributed by atoms with Crippen LogP contribution in [0.3, 0.4) is 0 Å². The molecule has 0 unspecified atom stereocenters. The molecule has 116 valence electrons. The van der Waals surface area contributed by atoms with Crippen LogP contribution >= 0.6 is 11.8 Å². The Morgan fingerprint density at radius 1 is 1.33 bits per heavy atom. The number of thioether (sulfide) groups is 1. The van der Waals surface area contributed by atoms with Gasteiger partial charge in [-0.2, -0.15) is 11.8 Å². The van der Waals surface area contributed by atoms with Gasteiger partial charge in [0, 0.05) is 23.9 Å². The third kappa shape index (κ3) is 4.61. The number of nitro benzene ring substituents is 1. The molecular formula is C15H22N2O3S. The number of benzene rings is 1. The fourth-order valence-electron chi connectivity index (χ4n) is 2.73. The minimum Gasteiger partial charge on any atom is -0.496 e. The lowest BCUT2D eigenvalue weighted by molar-refractivity contribution is -0.385. The molecular weight excluding hydrogens is 288 g/mol. The molecule has 0 saturated heterocycles. The zero-order valence-electron chi connectivity index (χ0n) is 12.5. The summed E-state index contributed by atoms with van der Waals surface area (Å²) in [4.78, 5) is 10.5. The molecule has 5 nitrogen and oxygen atoms in total. The maximum absolute atomic E-state index is 10.9. The van der Waals surface area contributed by atoms with Crippen LogP contribution in [0, 0.1) is 10.1 Å². The topological polar surface area (TPSA) is 64.4 Å². The van der Waals surface area contributed by atoms with Crippen LogP contribution in [0.1, 0.15) is 31.2 Å². The minimum absolute atomic E-state index is 0.0808. The summed E-state index contributed by atoms with van der Waals surface area (Å²) in [6.07, 6.45) is 7.02. The largest absolute Gasteiger partial charge is 0.496 e. The second-order valence-electron chi connectivity index (χ2n) is 5.39. The van der Waals surface area contributed by atoms with Crippen LogP contribution in [-0.4, -0.2) is 29.6 Å². The van der Waals surface area contributed by atoms with Crippen molar-refractivity contribution in [3.05, 3.63) is 33.9 Å². The van der Waals surface area contributed by atoms with Crippen LogP contribution in [0.2, 0.25) is 0 Å². The number of hydrogen-bond donors (Lipinski definition) is 1. The zero-order valence-corrected chi connectivity index (χ0v) is 13.3. The van der Waals surface area contributed by atoms with Gasteiger partial charge in [0.05, 0.1) is 18.1 Å². The normalized spacial score (nSPS) is 22.0. The van der Waals surface area contributed by atoms with Crippen molar-refractivity contribution < 1.29 is 9.66 Å². The van der Waals surface area contributed by atoms with Crippen molar-refractivity contribution in [1.29, 1.82) is 0 Å². The lowest BCUT2D eigenvalue weighted by atomic mass is 9.95. The number of methoxy groups -OCH3 is 1. The Morgan fingerprint density at radius 3 is 2.62 bits per heavy atom. The summed E-state index contributed by atoms with van der Waals surface area (Å²) in [6, 6.07) is 5.43. The lowest BCUT2D eigenvalue weighted by Gasteiger charge is -2.28. The maximum atomic E-state index is 10.9. The molecule has 0 radical (unpaired) electrons. The van der Waals surface area contributed by atoms with Crippen LogP contribution in [0.15, 0.2) is 18.2 Å². The molecule has 0 aromatic heterocycles. The second kappa shape index (κ2) is 7.66. The standard InChI is InChI=1S/C15H22N2O3S/c1-20-14-8-11(7-13(9-14)17(18)19)10-16-12-3-5-15(21-2)6-4-12/h7-9,12,15-16H,3-6,10H2,1-2H3. The van der Waals surface area contributed by atoms with Crippen molar-refractivity contribution in [2.24, 2.45) is 0 Å².